The normalized spacial score (nSPS) is 17.8. The third-order valence-corrected chi connectivity index (χ3v) is 5.61. The van der Waals surface area contributed by atoms with E-state index in [1.165, 1.54) is 6.42 Å². The summed E-state index contributed by atoms with van der Waals surface area (Å²) in [6, 6.07) is 9.20. The second-order valence-electron chi connectivity index (χ2n) is 6.74. The summed E-state index contributed by atoms with van der Waals surface area (Å²) in [5, 5.41) is 9.67. The molecule has 1 fully saturated rings. The molecule has 1 saturated carbocycles. The number of hydrogen-bond donors (Lipinski definition) is 2. The number of hydrogen-bond acceptors (Lipinski definition) is 5. The van der Waals surface area contributed by atoms with Crippen LogP contribution in [0.3, 0.4) is 0 Å². The fraction of sp³-hybridized carbons (Fsp3) is 0.611. The Balaban J connectivity index is 0.00000338. The van der Waals surface area contributed by atoms with Gasteiger partial charge in [0.15, 0.2) is 5.44 Å². The number of benzene rings is 1. The van der Waals surface area contributed by atoms with Gasteiger partial charge in [-0.3, -0.25) is 9.35 Å². The molecule has 8 heteroatoms. The van der Waals surface area contributed by atoms with Gasteiger partial charge in [0.2, 0.25) is 0 Å². The van der Waals surface area contributed by atoms with Gasteiger partial charge < -0.3 is 9.84 Å². The fourth-order valence-corrected chi connectivity index (χ4v) is 3.80. The fourth-order valence-electron chi connectivity index (χ4n) is 3.33. The van der Waals surface area contributed by atoms with Crippen molar-refractivity contribution in [3.05, 3.63) is 35.9 Å². The van der Waals surface area contributed by atoms with Crippen LogP contribution in [0.1, 0.15) is 50.5 Å². The molecule has 1 aliphatic carbocycles. The molecule has 0 radical (unpaired) electrons. The molecule has 0 spiro atoms. The van der Waals surface area contributed by atoms with Crippen LogP contribution in [0.2, 0.25) is 0 Å². The summed E-state index contributed by atoms with van der Waals surface area (Å²) in [4.78, 5) is 12.4. The van der Waals surface area contributed by atoms with E-state index < -0.39 is 27.4 Å². The van der Waals surface area contributed by atoms with E-state index in [1.54, 1.807) is 0 Å². The molecular weight excluding hydrogens is 367 g/mol. The zero-order chi connectivity index (χ0) is 18.3. The molecule has 2 N–H and O–H groups in total. The molecule has 2 unspecified atom stereocenters. The SMILES string of the molecule is O=C(OCc1ccccc1)C(CC1CCCCC1)CC(O)S(=O)(=O)O.[NaH]. The Morgan fingerprint density at radius 3 is 2.35 bits per heavy atom. The van der Waals surface area contributed by atoms with Gasteiger partial charge in [-0.1, -0.05) is 62.4 Å². The van der Waals surface area contributed by atoms with Gasteiger partial charge in [0.1, 0.15) is 6.61 Å². The average Bonchev–Trinajstić information content (AvgIpc) is 2.60. The summed E-state index contributed by atoms with van der Waals surface area (Å²) in [6.07, 6.45) is 5.47. The summed E-state index contributed by atoms with van der Waals surface area (Å²) in [6.45, 7) is 0.100. The number of aliphatic hydroxyl groups excluding tert-OH is 1. The zero-order valence-electron chi connectivity index (χ0n) is 14.2. The predicted molar refractivity (Wildman–Crippen MR) is 100 cm³/mol. The monoisotopic (exact) mass is 394 g/mol. The third kappa shape index (κ3) is 8.06. The van der Waals surface area contributed by atoms with Crippen LogP contribution in [0.15, 0.2) is 30.3 Å². The summed E-state index contributed by atoms with van der Waals surface area (Å²) in [5.74, 6) is -0.961. The molecule has 1 aromatic rings. The zero-order valence-corrected chi connectivity index (χ0v) is 15.0. The molecule has 26 heavy (non-hydrogen) atoms. The first kappa shape index (κ1) is 23.6. The topological polar surface area (TPSA) is 101 Å². The number of esters is 1. The number of aliphatic hydroxyl groups is 1. The van der Waals surface area contributed by atoms with E-state index in [4.69, 9.17) is 9.29 Å². The molecule has 2 atom stereocenters. The maximum absolute atomic E-state index is 12.4. The molecule has 1 aromatic carbocycles. The number of rotatable bonds is 8. The number of carbonyl (C=O) groups is 1. The van der Waals surface area contributed by atoms with Crippen molar-refractivity contribution in [2.24, 2.45) is 11.8 Å². The maximum atomic E-state index is 12.4. The van der Waals surface area contributed by atoms with E-state index in [0.29, 0.717) is 12.3 Å². The van der Waals surface area contributed by atoms with E-state index in [9.17, 15) is 18.3 Å². The van der Waals surface area contributed by atoms with Gasteiger partial charge in [0.25, 0.3) is 10.1 Å². The summed E-state index contributed by atoms with van der Waals surface area (Å²) in [7, 11) is -4.59. The van der Waals surface area contributed by atoms with Crippen molar-refractivity contribution in [3.63, 3.8) is 0 Å². The first-order valence-electron chi connectivity index (χ1n) is 8.71. The van der Waals surface area contributed by atoms with Crippen LogP contribution in [0.5, 0.6) is 0 Å². The van der Waals surface area contributed by atoms with Crippen LogP contribution in [0.25, 0.3) is 0 Å². The van der Waals surface area contributed by atoms with Crippen molar-refractivity contribution in [2.45, 2.75) is 57.0 Å². The quantitative estimate of drug-likeness (QED) is 0.398. The van der Waals surface area contributed by atoms with E-state index >= 15 is 0 Å². The van der Waals surface area contributed by atoms with Crippen LogP contribution in [-0.4, -0.2) is 59.0 Å². The minimum absolute atomic E-state index is 0. The van der Waals surface area contributed by atoms with E-state index in [1.807, 2.05) is 30.3 Å². The molecule has 0 bridgehead atoms. The Hall–Kier alpha value is -0.440. The average molecular weight is 394 g/mol. The molecule has 0 saturated heterocycles. The van der Waals surface area contributed by atoms with Crippen molar-refractivity contribution in [3.8, 4) is 0 Å². The van der Waals surface area contributed by atoms with E-state index in [2.05, 4.69) is 0 Å². The van der Waals surface area contributed by atoms with E-state index in [-0.39, 0.29) is 42.6 Å². The Kier molecular flexibility index (Phi) is 10.4. The molecule has 6 nitrogen and oxygen atoms in total. The van der Waals surface area contributed by atoms with Crippen LogP contribution >= 0.6 is 0 Å². The van der Waals surface area contributed by atoms with Crippen LogP contribution < -0.4 is 0 Å². The number of ether oxygens (including phenoxy) is 1. The second-order valence-corrected chi connectivity index (χ2v) is 8.31. The van der Waals surface area contributed by atoms with Crippen molar-refractivity contribution in [1.82, 2.24) is 0 Å². The summed E-state index contributed by atoms with van der Waals surface area (Å²) < 4.78 is 36.5. The Morgan fingerprint density at radius 2 is 1.77 bits per heavy atom. The minimum atomic E-state index is -4.59. The first-order chi connectivity index (χ1) is 11.9. The molecule has 0 aromatic heterocycles. The third-order valence-electron chi connectivity index (χ3n) is 4.73. The van der Waals surface area contributed by atoms with Crippen molar-refractivity contribution in [2.75, 3.05) is 0 Å². The predicted octanol–water partition coefficient (Wildman–Crippen LogP) is 2.26. The van der Waals surface area contributed by atoms with Gasteiger partial charge in [0, 0.05) is 6.42 Å². The van der Waals surface area contributed by atoms with Crippen LogP contribution in [0, 0.1) is 11.8 Å². The number of carbonyl (C=O) groups excluding carboxylic acids is 1. The standard InChI is InChI=1S/C18H26O6S.Na.H/c19-17(25(21,22)23)12-16(11-14-7-3-1-4-8-14)18(20)24-13-15-9-5-2-6-10-15;;/h2,5-6,9-10,14,16-17,19H,1,3-4,7-8,11-13H2,(H,21,22,23);;. The van der Waals surface area contributed by atoms with Crippen molar-refractivity contribution in [1.29, 1.82) is 0 Å². The molecular formula is C18H27NaO6S. The molecule has 0 heterocycles. The Labute approximate surface area is 177 Å². The second kappa shape index (κ2) is 11.4. The Bertz CT molecular complexity index is 643. The van der Waals surface area contributed by atoms with Crippen LogP contribution in [0.4, 0.5) is 0 Å². The van der Waals surface area contributed by atoms with Gasteiger partial charge >= 0.3 is 35.5 Å². The molecule has 0 aliphatic heterocycles. The van der Waals surface area contributed by atoms with Crippen LogP contribution in [-0.2, 0) is 26.3 Å². The van der Waals surface area contributed by atoms with Gasteiger partial charge in [-0.2, -0.15) is 8.42 Å². The molecule has 142 valence electrons. The summed E-state index contributed by atoms with van der Waals surface area (Å²) >= 11 is 0. The molecule has 1 aliphatic rings. The van der Waals surface area contributed by atoms with Gasteiger partial charge in [0.05, 0.1) is 5.92 Å². The van der Waals surface area contributed by atoms with Gasteiger partial charge in [-0.15, -0.1) is 0 Å². The van der Waals surface area contributed by atoms with Crippen molar-refractivity contribution >= 4 is 45.6 Å². The first-order valence-corrected chi connectivity index (χ1v) is 10.2. The Morgan fingerprint density at radius 1 is 1.15 bits per heavy atom. The molecule has 0 amide bonds. The molecule has 2 rings (SSSR count). The summed E-state index contributed by atoms with van der Waals surface area (Å²) in [5.41, 5.74) is -1.13. The van der Waals surface area contributed by atoms with Crippen molar-refractivity contribution < 1.29 is 27.6 Å². The van der Waals surface area contributed by atoms with E-state index in [0.717, 1.165) is 31.2 Å². The van der Waals surface area contributed by atoms with Gasteiger partial charge in [-0.25, -0.2) is 0 Å². The van der Waals surface area contributed by atoms with Gasteiger partial charge in [-0.05, 0) is 17.9 Å².